The number of hydrogen-bond acceptors (Lipinski definition) is 3. The van der Waals surface area contributed by atoms with Crippen molar-refractivity contribution in [2.24, 2.45) is 0 Å². The van der Waals surface area contributed by atoms with Crippen molar-refractivity contribution in [3.8, 4) is 0 Å². The number of hydrogen-bond donors (Lipinski definition) is 1. The number of nitrogens with one attached hydrogen (secondary N) is 1. The fourth-order valence-corrected chi connectivity index (χ4v) is 3.94. The van der Waals surface area contributed by atoms with E-state index in [-0.39, 0.29) is 6.04 Å². The number of alkyl halides is 3. The summed E-state index contributed by atoms with van der Waals surface area (Å²) in [7, 11) is 0. The lowest BCUT2D eigenvalue weighted by atomic mass is 10.2. The topological polar surface area (TPSA) is 12.0 Å². The zero-order valence-electron chi connectivity index (χ0n) is 11.1. The SMILES string of the molecule is CC(Nc1ccccc1SCC(F)(F)F)c1ccc(Br)s1. The number of thiophene rings is 1. The molecule has 0 aliphatic carbocycles. The molecule has 1 N–H and O–H groups in total. The molecule has 1 heterocycles. The molecule has 2 aromatic rings. The van der Waals surface area contributed by atoms with Crippen molar-refractivity contribution in [1.29, 1.82) is 0 Å². The van der Waals surface area contributed by atoms with E-state index in [1.54, 1.807) is 29.5 Å². The molecule has 0 radical (unpaired) electrons. The van der Waals surface area contributed by atoms with Gasteiger partial charge in [-0.3, -0.25) is 0 Å². The van der Waals surface area contributed by atoms with Gasteiger partial charge in [0.25, 0.3) is 0 Å². The van der Waals surface area contributed by atoms with E-state index in [4.69, 9.17) is 0 Å². The van der Waals surface area contributed by atoms with Crippen molar-refractivity contribution in [2.75, 3.05) is 11.1 Å². The Morgan fingerprint density at radius 1 is 1.24 bits per heavy atom. The molecule has 0 spiro atoms. The Bertz CT molecular complexity index is 598. The number of para-hydroxylation sites is 1. The number of halogens is 4. The Morgan fingerprint density at radius 2 is 1.95 bits per heavy atom. The third kappa shape index (κ3) is 5.23. The van der Waals surface area contributed by atoms with Crippen molar-refractivity contribution in [3.05, 3.63) is 45.1 Å². The van der Waals surface area contributed by atoms with Gasteiger partial charge in [-0.1, -0.05) is 12.1 Å². The van der Waals surface area contributed by atoms with Crippen LogP contribution in [0.15, 0.2) is 45.1 Å². The second-order valence-corrected chi connectivity index (χ2v) is 7.92. The van der Waals surface area contributed by atoms with Crippen LogP contribution in [0.3, 0.4) is 0 Å². The van der Waals surface area contributed by atoms with Crippen LogP contribution in [-0.2, 0) is 0 Å². The van der Waals surface area contributed by atoms with Crippen LogP contribution in [0, 0.1) is 0 Å². The number of benzene rings is 1. The summed E-state index contributed by atoms with van der Waals surface area (Å²) in [6, 6.07) is 11.1. The van der Waals surface area contributed by atoms with Crippen LogP contribution in [0.4, 0.5) is 18.9 Å². The van der Waals surface area contributed by atoms with Crippen LogP contribution < -0.4 is 5.32 Å². The van der Waals surface area contributed by atoms with Crippen molar-refractivity contribution in [1.82, 2.24) is 0 Å². The first-order valence-electron chi connectivity index (χ1n) is 6.15. The van der Waals surface area contributed by atoms with Gasteiger partial charge in [0.05, 0.1) is 15.6 Å². The van der Waals surface area contributed by atoms with E-state index in [1.165, 1.54) is 0 Å². The van der Waals surface area contributed by atoms with Crippen LogP contribution in [0.1, 0.15) is 17.8 Å². The second-order valence-electron chi connectivity index (χ2n) is 4.41. The van der Waals surface area contributed by atoms with E-state index in [0.29, 0.717) is 4.90 Å². The second kappa shape index (κ2) is 7.07. The fourth-order valence-electron chi connectivity index (χ4n) is 1.74. The van der Waals surface area contributed by atoms with E-state index < -0.39 is 11.9 Å². The van der Waals surface area contributed by atoms with Gasteiger partial charge in [-0.25, -0.2) is 0 Å². The van der Waals surface area contributed by atoms with Crippen LogP contribution in [-0.4, -0.2) is 11.9 Å². The monoisotopic (exact) mass is 395 g/mol. The van der Waals surface area contributed by atoms with Crippen molar-refractivity contribution in [2.45, 2.75) is 24.0 Å². The van der Waals surface area contributed by atoms with Gasteiger partial charge < -0.3 is 5.32 Å². The maximum absolute atomic E-state index is 12.4. The van der Waals surface area contributed by atoms with Crippen molar-refractivity contribution in [3.63, 3.8) is 0 Å². The molecule has 1 unspecified atom stereocenters. The summed E-state index contributed by atoms with van der Waals surface area (Å²) in [5.74, 6) is -0.884. The first kappa shape index (κ1) is 16.7. The predicted molar refractivity (Wildman–Crippen MR) is 87.3 cm³/mol. The third-order valence-corrected chi connectivity index (χ3v) is 5.62. The van der Waals surface area contributed by atoms with Crippen LogP contribution in [0.25, 0.3) is 0 Å². The van der Waals surface area contributed by atoms with Gasteiger partial charge in [-0.2, -0.15) is 13.2 Å². The summed E-state index contributed by atoms with van der Waals surface area (Å²) in [4.78, 5) is 1.73. The highest BCUT2D eigenvalue weighted by Crippen LogP contribution is 2.35. The highest BCUT2D eigenvalue weighted by Gasteiger charge is 2.27. The molecule has 21 heavy (non-hydrogen) atoms. The van der Waals surface area contributed by atoms with Gasteiger partial charge in [0.15, 0.2) is 0 Å². The maximum atomic E-state index is 12.4. The Hall–Kier alpha value is -0.660. The Labute approximate surface area is 138 Å². The molecule has 1 aromatic heterocycles. The van der Waals surface area contributed by atoms with Crippen LogP contribution in [0.2, 0.25) is 0 Å². The minimum atomic E-state index is -4.16. The van der Waals surface area contributed by atoms with Crippen LogP contribution in [0.5, 0.6) is 0 Å². The summed E-state index contributed by atoms with van der Waals surface area (Å²) in [5.41, 5.74) is 0.726. The average molecular weight is 396 g/mol. The molecular weight excluding hydrogens is 383 g/mol. The molecule has 0 fully saturated rings. The van der Waals surface area contributed by atoms with Gasteiger partial charge in [-0.05, 0) is 47.1 Å². The van der Waals surface area contributed by atoms with Gasteiger partial charge in [0, 0.05) is 15.5 Å². The van der Waals surface area contributed by atoms with Gasteiger partial charge in [0.1, 0.15) is 0 Å². The fraction of sp³-hybridized carbons (Fsp3) is 0.286. The Kier molecular flexibility index (Phi) is 5.62. The van der Waals surface area contributed by atoms with E-state index in [9.17, 15) is 13.2 Å². The predicted octanol–water partition coefficient (Wildman–Crippen LogP) is 6.34. The molecule has 0 saturated heterocycles. The molecule has 7 heteroatoms. The number of anilines is 1. The lowest BCUT2D eigenvalue weighted by molar-refractivity contribution is -0.105. The average Bonchev–Trinajstić information content (AvgIpc) is 2.83. The molecule has 0 aliphatic rings. The summed E-state index contributed by atoms with van der Waals surface area (Å²) < 4.78 is 38.1. The number of rotatable bonds is 5. The van der Waals surface area contributed by atoms with E-state index >= 15 is 0 Å². The molecule has 1 aromatic carbocycles. The maximum Gasteiger partial charge on any atom is 0.398 e. The van der Waals surface area contributed by atoms with Crippen molar-refractivity contribution < 1.29 is 13.2 Å². The van der Waals surface area contributed by atoms with Crippen LogP contribution >= 0.6 is 39.0 Å². The van der Waals surface area contributed by atoms with E-state index in [2.05, 4.69) is 21.2 Å². The normalized spacial score (nSPS) is 13.2. The Morgan fingerprint density at radius 3 is 2.57 bits per heavy atom. The smallest absolute Gasteiger partial charge is 0.377 e. The lowest BCUT2D eigenvalue weighted by Gasteiger charge is -2.17. The molecule has 0 bridgehead atoms. The minimum Gasteiger partial charge on any atom is -0.377 e. The molecule has 1 atom stereocenters. The van der Waals surface area contributed by atoms with Gasteiger partial charge in [0.2, 0.25) is 0 Å². The molecule has 114 valence electrons. The molecule has 2 rings (SSSR count). The summed E-state index contributed by atoms with van der Waals surface area (Å²) in [5, 5.41) is 3.28. The minimum absolute atomic E-state index is 0.0361. The summed E-state index contributed by atoms with van der Waals surface area (Å²) in [6.07, 6.45) is -4.16. The molecule has 0 aliphatic heterocycles. The first-order chi connectivity index (χ1) is 9.85. The molecule has 1 nitrogen and oxygen atoms in total. The third-order valence-electron chi connectivity index (χ3n) is 2.67. The summed E-state index contributed by atoms with van der Waals surface area (Å²) >= 11 is 5.82. The largest absolute Gasteiger partial charge is 0.398 e. The first-order valence-corrected chi connectivity index (χ1v) is 8.75. The highest BCUT2D eigenvalue weighted by atomic mass is 79.9. The van der Waals surface area contributed by atoms with E-state index in [0.717, 1.165) is 26.1 Å². The standard InChI is InChI=1S/C14H13BrF3NS2/c1-9(11-6-7-13(15)21-11)19-10-4-2-3-5-12(10)20-8-14(16,17)18/h2-7,9,19H,8H2,1H3. The zero-order chi connectivity index (χ0) is 15.5. The lowest BCUT2D eigenvalue weighted by Crippen LogP contribution is -2.11. The molecular formula is C14H13BrF3NS2. The Balaban J connectivity index is 2.09. The van der Waals surface area contributed by atoms with Crippen molar-refractivity contribution >= 4 is 44.7 Å². The molecule has 0 saturated carbocycles. The number of thioether (sulfide) groups is 1. The van der Waals surface area contributed by atoms with Gasteiger partial charge in [-0.15, -0.1) is 23.1 Å². The quantitative estimate of drug-likeness (QED) is 0.592. The van der Waals surface area contributed by atoms with Gasteiger partial charge >= 0.3 is 6.18 Å². The summed E-state index contributed by atoms with van der Waals surface area (Å²) in [6.45, 7) is 1.99. The van der Waals surface area contributed by atoms with E-state index in [1.807, 2.05) is 25.1 Å². The zero-order valence-corrected chi connectivity index (χ0v) is 14.3. The highest BCUT2D eigenvalue weighted by molar-refractivity contribution is 9.11. The molecule has 0 amide bonds.